The lowest BCUT2D eigenvalue weighted by Crippen LogP contribution is -2.08. The molecular weight excluding hydrogens is 146 g/mol. The first kappa shape index (κ1) is 7.41. The molecule has 0 aromatic rings. The molecule has 0 bridgehead atoms. The van der Waals surface area contributed by atoms with Crippen LogP contribution in [0.1, 0.15) is 6.92 Å². The van der Waals surface area contributed by atoms with E-state index in [9.17, 15) is 4.79 Å². The van der Waals surface area contributed by atoms with E-state index < -0.39 is 0 Å². The zero-order chi connectivity index (χ0) is 7.56. The predicted octanol–water partition coefficient (Wildman–Crippen LogP) is 1.57. The fourth-order valence-corrected chi connectivity index (χ4v) is 1.57. The molecule has 0 unspecified atom stereocenters. The highest BCUT2D eigenvalue weighted by molar-refractivity contribution is 8.06. The van der Waals surface area contributed by atoms with E-state index in [1.54, 1.807) is 17.8 Å². The van der Waals surface area contributed by atoms with Crippen molar-refractivity contribution in [2.45, 2.75) is 6.92 Å². The zero-order valence-corrected chi connectivity index (χ0v) is 6.81. The van der Waals surface area contributed by atoms with Gasteiger partial charge in [0, 0.05) is 18.8 Å². The highest BCUT2D eigenvalue weighted by atomic mass is 32.2. The molecule has 0 aliphatic carbocycles. The Labute approximate surface area is 64.6 Å². The van der Waals surface area contributed by atoms with Gasteiger partial charge in [-0.1, -0.05) is 11.8 Å². The van der Waals surface area contributed by atoms with Crippen molar-refractivity contribution in [2.75, 3.05) is 7.05 Å². The Kier molecular flexibility index (Phi) is 2.17. The summed E-state index contributed by atoms with van der Waals surface area (Å²) in [6.07, 6.45) is 2.38. The van der Waals surface area contributed by atoms with Gasteiger partial charge in [-0.15, -0.1) is 0 Å². The van der Waals surface area contributed by atoms with Crippen LogP contribution in [0.2, 0.25) is 0 Å². The molecular formula is C7H9NOS. The SMILES string of the molecule is CC1=CSC(=CC=O)N1C. The summed E-state index contributed by atoms with van der Waals surface area (Å²) in [4.78, 5) is 12.1. The van der Waals surface area contributed by atoms with Crippen LogP contribution >= 0.6 is 11.8 Å². The summed E-state index contributed by atoms with van der Waals surface area (Å²) < 4.78 is 0. The van der Waals surface area contributed by atoms with Crippen molar-refractivity contribution in [1.29, 1.82) is 0 Å². The monoisotopic (exact) mass is 155 g/mol. The average Bonchev–Trinajstić information content (AvgIpc) is 2.20. The molecule has 0 aromatic carbocycles. The summed E-state index contributed by atoms with van der Waals surface area (Å²) in [5.74, 6) is 0. The molecule has 0 atom stereocenters. The zero-order valence-electron chi connectivity index (χ0n) is 6.00. The van der Waals surface area contributed by atoms with Crippen LogP contribution in [0.5, 0.6) is 0 Å². The molecule has 3 heteroatoms. The number of nitrogens with zero attached hydrogens (tertiary/aromatic N) is 1. The Morgan fingerprint density at radius 1 is 1.70 bits per heavy atom. The van der Waals surface area contributed by atoms with Crippen LogP contribution in [0, 0.1) is 0 Å². The summed E-state index contributed by atoms with van der Waals surface area (Å²) in [5.41, 5.74) is 1.18. The van der Waals surface area contributed by atoms with E-state index in [1.165, 1.54) is 5.70 Å². The van der Waals surface area contributed by atoms with Gasteiger partial charge < -0.3 is 4.90 Å². The number of hydrogen-bond donors (Lipinski definition) is 0. The van der Waals surface area contributed by atoms with Crippen LogP contribution in [0.3, 0.4) is 0 Å². The minimum absolute atomic E-state index is 0.811. The van der Waals surface area contributed by atoms with Crippen molar-refractivity contribution in [3.63, 3.8) is 0 Å². The van der Waals surface area contributed by atoms with Crippen LogP contribution in [-0.2, 0) is 4.79 Å². The van der Waals surface area contributed by atoms with Crippen molar-refractivity contribution in [1.82, 2.24) is 4.90 Å². The number of carbonyl (C=O) groups is 1. The maximum atomic E-state index is 10.1. The Balaban J connectivity index is 2.73. The number of carbonyl (C=O) groups excluding carboxylic acids is 1. The van der Waals surface area contributed by atoms with Crippen molar-refractivity contribution >= 4 is 18.0 Å². The van der Waals surface area contributed by atoms with Crippen molar-refractivity contribution in [2.24, 2.45) is 0 Å². The molecule has 0 amide bonds. The number of thioether (sulfide) groups is 1. The van der Waals surface area contributed by atoms with Crippen LogP contribution < -0.4 is 0 Å². The fraction of sp³-hybridized carbons (Fsp3) is 0.286. The quantitative estimate of drug-likeness (QED) is 0.423. The molecule has 1 rings (SSSR count). The van der Waals surface area contributed by atoms with Gasteiger partial charge in [0.1, 0.15) is 6.29 Å². The molecule has 0 saturated carbocycles. The van der Waals surface area contributed by atoms with E-state index in [2.05, 4.69) is 0 Å². The number of aldehydes is 1. The molecule has 0 fully saturated rings. The predicted molar refractivity (Wildman–Crippen MR) is 43.3 cm³/mol. The van der Waals surface area contributed by atoms with Crippen LogP contribution in [0.15, 0.2) is 22.2 Å². The van der Waals surface area contributed by atoms with Crippen LogP contribution in [0.25, 0.3) is 0 Å². The van der Waals surface area contributed by atoms with E-state index in [1.807, 2.05) is 24.3 Å². The van der Waals surface area contributed by atoms with Gasteiger partial charge in [-0.25, -0.2) is 0 Å². The third kappa shape index (κ3) is 1.24. The molecule has 2 nitrogen and oxygen atoms in total. The van der Waals surface area contributed by atoms with Gasteiger partial charge in [0.25, 0.3) is 0 Å². The smallest absolute Gasteiger partial charge is 0.145 e. The normalized spacial score (nSPS) is 21.6. The first-order valence-electron chi connectivity index (χ1n) is 2.98. The van der Waals surface area contributed by atoms with Gasteiger partial charge in [-0.05, 0) is 12.3 Å². The van der Waals surface area contributed by atoms with E-state index in [4.69, 9.17) is 0 Å². The second-order valence-corrected chi connectivity index (χ2v) is 2.97. The molecule has 0 radical (unpaired) electrons. The summed E-state index contributed by atoms with van der Waals surface area (Å²) in [7, 11) is 1.95. The second-order valence-electron chi connectivity index (χ2n) is 2.08. The van der Waals surface area contributed by atoms with Crippen molar-refractivity contribution in [3.05, 3.63) is 22.2 Å². The number of rotatable bonds is 1. The van der Waals surface area contributed by atoms with Gasteiger partial charge in [-0.2, -0.15) is 0 Å². The average molecular weight is 155 g/mol. The summed E-state index contributed by atoms with van der Waals surface area (Å²) in [5, 5.41) is 3.02. The lowest BCUT2D eigenvalue weighted by Gasteiger charge is -2.12. The van der Waals surface area contributed by atoms with E-state index in [0.29, 0.717) is 0 Å². The molecule has 0 spiro atoms. The molecule has 10 heavy (non-hydrogen) atoms. The largest absolute Gasteiger partial charge is 0.342 e. The fourth-order valence-electron chi connectivity index (χ4n) is 0.687. The highest BCUT2D eigenvalue weighted by Crippen LogP contribution is 2.31. The summed E-state index contributed by atoms with van der Waals surface area (Å²) >= 11 is 1.58. The van der Waals surface area contributed by atoms with Gasteiger partial charge in [-0.3, -0.25) is 4.79 Å². The summed E-state index contributed by atoms with van der Waals surface area (Å²) in [6, 6.07) is 0. The topological polar surface area (TPSA) is 20.3 Å². The third-order valence-electron chi connectivity index (χ3n) is 1.42. The van der Waals surface area contributed by atoms with Crippen LogP contribution in [-0.4, -0.2) is 18.2 Å². The standard InChI is InChI=1S/C7H9NOS/c1-6-5-10-7(3-4-9)8(6)2/h3-5H,1-2H3. The molecule has 1 heterocycles. The van der Waals surface area contributed by atoms with Gasteiger partial charge >= 0.3 is 0 Å². The van der Waals surface area contributed by atoms with Gasteiger partial charge in [0.15, 0.2) is 0 Å². The Hall–Kier alpha value is -0.700. The summed E-state index contributed by atoms with van der Waals surface area (Å²) in [6.45, 7) is 2.01. The highest BCUT2D eigenvalue weighted by Gasteiger charge is 2.11. The molecule has 0 N–H and O–H groups in total. The first-order chi connectivity index (χ1) is 4.75. The van der Waals surface area contributed by atoms with Crippen molar-refractivity contribution < 1.29 is 4.79 Å². The van der Waals surface area contributed by atoms with Crippen LogP contribution in [0.4, 0.5) is 0 Å². The molecule has 0 saturated heterocycles. The lowest BCUT2D eigenvalue weighted by atomic mass is 10.5. The van der Waals surface area contributed by atoms with Crippen molar-refractivity contribution in [3.8, 4) is 0 Å². The molecule has 0 aromatic heterocycles. The van der Waals surface area contributed by atoms with E-state index in [-0.39, 0.29) is 0 Å². The minimum atomic E-state index is 0.811. The maximum absolute atomic E-state index is 10.1. The number of hydrogen-bond acceptors (Lipinski definition) is 3. The third-order valence-corrected chi connectivity index (χ3v) is 2.53. The Bertz CT molecular complexity index is 208. The van der Waals surface area contributed by atoms with Gasteiger partial charge in [0.2, 0.25) is 0 Å². The molecule has 1 aliphatic rings. The maximum Gasteiger partial charge on any atom is 0.145 e. The second kappa shape index (κ2) is 2.92. The Morgan fingerprint density at radius 3 is 2.80 bits per heavy atom. The Morgan fingerprint density at radius 2 is 2.40 bits per heavy atom. The van der Waals surface area contributed by atoms with E-state index >= 15 is 0 Å². The first-order valence-corrected chi connectivity index (χ1v) is 3.86. The minimum Gasteiger partial charge on any atom is -0.342 e. The van der Waals surface area contributed by atoms with E-state index in [0.717, 1.165) is 11.3 Å². The lowest BCUT2D eigenvalue weighted by molar-refractivity contribution is -0.104. The van der Waals surface area contributed by atoms with Gasteiger partial charge in [0.05, 0.1) is 5.03 Å². The molecule has 54 valence electrons. The number of allylic oxidation sites excluding steroid dienone is 2. The molecule has 1 aliphatic heterocycles.